The van der Waals surface area contributed by atoms with Crippen molar-refractivity contribution in [2.45, 2.75) is 39.1 Å². The zero-order chi connectivity index (χ0) is 30.8. The molecule has 0 radical (unpaired) electrons. The molecule has 42 heavy (non-hydrogen) atoms. The van der Waals surface area contributed by atoms with Crippen LogP contribution < -0.4 is 11.1 Å². The fourth-order valence-corrected chi connectivity index (χ4v) is 6.60. The van der Waals surface area contributed by atoms with Gasteiger partial charge in [-0.3, -0.25) is 28.5 Å². The molecular formula is C24H26N6O9S3. The van der Waals surface area contributed by atoms with Gasteiger partial charge in [-0.15, -0.1) is 22.7 Å². The molecule has 3 atom stereocenters. The SMILES string of the molecule is CO/N=C(\C(=O)N[C@@H]1C(=O)N2C(C(=O)OOOC(=O)C(C)(C)C)=C(/C=C\c3scnc3C)CS(=O)[C@H]12)c1csc(N)n1. The molecular weight excluding hydrogens is 612 g/mol. The number of rotatable bonds is 9. The number of fused-ring (bicyclic) bond motifs is 1. The quantitative estimate of drug-likeness (QED) is 0.172. The van der Waals surface area contributed by atoms with Crippen LogP contribution in [-0.2, 0) is 49.6 Å². The van der Waals surface area contributed by atoms with Crippen LogP contribution in [0, 0.1) is 12.3 Å². The molecule has 1 fully saturated rings. The maximum atomic E-state index is 13.3. The summed E-state index contributed by atoms with van der Waals surface area (Å²) in [5, 5.41) is 11.1. The van der Waals surface area contributed by atoms with Crippen molar-refractivity contribution in [1.29, 1.82) is 0 Å². The van der Waals surface area contributed by atoms with Crippen LogP contribution in [0.15, 0.2) is 33.4 Å². The van der Waals surface area contributed by atoms with Crippen molar-refractivity contribution < 1.29 is 43.0 Å². The van der Waals surface area contributed by atoms with Gasteiger partial charge in [-0.1, -0.05) is 11.2 Å². The Labute approximate surface area is 249 Å². The Hall–Kier alpha value is -4.00. The predicted octanol–water partition coefficient (Wildman–Crippen LogP) is 1.20. The second-order valence-corrected chi connectivity index (χ2v) is 13.1. The molecule has 2 amide bonds. The van der Waals surface area contributed by atoms with Crippen molar-refractivity contribution in [3.05, 3.63) is 44.5 Å². The van der Waals surface area contributed by atoms with Crippen molar-refractivity contribution in [3.8, 4) is 0 Å². The number of β-lactam (4-membered cyclic amide) rings is 1. The third-order valence-electron chi connectivity index (χ3n) is 5.85. The lowest BCUT2D eigenvalue weighted by Gasteiger charge is -2.48. The van der Waals surface area contributed by atoms with E-state index in [1.54, 1.807) is 39.3 Å². The number of allylic oxidation sites excluding steroid dienone is 1. The van der Waals surface area contributed by atoms with Crippen LogP contribution in [0.2, 0.25) is 0 Å². The van der Waals surface area contributed by atoms with Gasteiger partial charge in [0.25, 0.3) is 11.8 Å². The fraction of sp³-hybridized carbons (Fsp3) is 0.375. The van der Waals surface area contributed by atoms with E-state index in [1.165, 1.54) is 29.9 Å². The Balaban J connectivity index is 1.60. The molecule has 2 aromatic heterocycles. The zero-order valence-corrected chi connectivity index (χ0v) is 25.4. The highest BCUT2D eigenvalue weighted by Gasteiger charge is 2.57. The summed E-state index contributed by atoms with van der Waals surface area (Å²) in [6, 6.07) is -1.28. The van der Waals surface area contributed by atoms with E-state index in [4.69, 9.17) is 15.5 Å². The minimum Gasteiger partial charge on any atom is -0.398 e. The number of aryl methyl sites for hydroxylation is 1. The van der Waals surface area contributed by atoms with Gasteiger partial charge < -0.3 is 15.9 Å². The second-order valence-electron chi connectivity index (χ2n) is 9.84. The number of carbonyl (C=O) groups is 4. The number of oxime groups is 1. The van der Waals surface area contributed by atoms with Gasteiger partial charge in [-0.25, -0.2) is 19.6 Å². The number of nitrogens with one attached hydrogen (secondary N) is 1. The summed E-state index contributed by atoms with van der Waals surface area (Å²) in [6.07, 6.45) is 3.17. The number of nitrogens with two attached hydrogens (primary N) is 1. The standard InChI is InChI=1S/C24H26N6O9S3/c1-11-14(41-10-26-11)7-6-12-9-42(35)20-16(28-18(31)15(29-36-5)13-8-40-23(25)27-13)19(32)30(20)17(12)21(33)37-39-38-22(34)24(2,3)4/h6-8,10,16,20H,9H2,1-5H3,(H2,25,27)(H,28,31)/b7-6-,29-15-/t16-,20-,42?/m1/s1. The van der Waals surface area contributed by atoms with E-state index in [0.717, 1.165) is 26.8 Å². The minimum atomic E-state index is -1.77. The van der Waals surface area contributed by atoms with E-state index in [9.17, 15) is 23.4 Å². The normalized spacial score (nSPS) is 20.7. The molecule has 3 N–H and O–H groups in total. The Kier molecular flexibility index (Phi) is 9.19. The summed E-state index contributed by atoms with van der Waals surface area (Å²) < 4.78 is 13.3. The van der Waals surface area contributed by atoms with E-state index in [2.05, 4.69) is 30.4 Å². The monoisotopic (exact) mass is 638 g/mol. The largest absolute Gasteiger partial charge is 0.398 e. The first-order valence-corrected chi connectivity index (χ1v) is 15.2. The van der Waals surface area contributed by atoms with Gasteiger partial charge in [-0.05, 0) is 39.3 Å². The van der Waals surface area contributed by atoms with Crippen LogP contribution in [0.3, 0.4) is 0 Å². The van der Waals surface area contributed by atoms with Gasteiger partial charge >= 0.3 is 11.9 Å². The molecule has 2 aliphatic rings. The minimum absolute atomic E-state index is 0.113. The number of nitrogen functional groups attached to an aromatic ring is 1. The highest BCUT2D eigenvalue weighted by atomic mass is 32.2. The molecule has 2 aromatic rings. The number of hydrogen-bond donors (Lipinski definition) is 2. The van der Waals surface area contributed by atoms with E-state index in [1.807, 2.05) is 0 Å². The fourth-order valence-electron chi connectivity index (χ4n) is 3.71. The van der Waals surface area contributed by atoms with Gasteiger partial charge in [0.05, 0.1) is 33.2 Å². The van der Waals surface area contributed by atoms with Crippen LogP contribution in [0.4, 0.5) is 5.13 Å². The summed E-state index contributed by atoms with van der Waals surface area (Å²) in [5.74, 6) is -3.77. The second kappa shape index (κ2) is 12.5. The first-order chi connectivity index (χ1) is 19.8. The Morgan fingerprint density at radius 1 is 1.24 bits per heavy atom. The van der Waals surface area contributed by atoms with Crippen LogP contribution in [0.5, 0.6) is 0 Å². The van der Waals surface area contributed by atoms with Crippen molar-refractivity contribution in [1.82, 2.24) is 20.2 Å². The molecule has 1 unspecified atom stereocenters. The lowest BCUT2D eigenvalue weighted by molar-refractivity contribution is -0.460. The van der Waals surface area contributed by atoms with Crippen LogP contribution in [0.25, 0.3) is 6.08 Å². The first-order valence-electron chi connectivity index (χ1n) is 12.1. The summed E-state index contributed by atoms with van der Waals surface area (Å²) in [5.41, 5.74) is 6.82. The molecule has 0 aliphatic carbocycles. The molecule has 0 saturated carbocycles. The Morgan fingerprint density at radius 2 is 1.98 bits per heavy atom. The van der Waals surface area contributed by atoms with Gasteiger partial charge in [-0.2, -0.15) is 0 Å². The number of carbonyl (C=O) groups excluding carboxylic acids is 4. The van der Waals surface area contributed by atoms with E-state index in [0.29, 0.717) is 0 Å². The summed E-state index contributed by atoms with van der Waals surface area (Å²) in [6.45, 7) is 6.48. The van der Waals surface area contributed by atoms with Crippen LogP contribution >= 0.6 is 22.7 Å². The predicted molar refractivity (Wildman–Crippen MR) is 151 cm³/mol. The molecule has 1 saturated heterocycles. The number of anilines is 1. The van der Waals surface area contributed by atoms with E-state index >= 15 is 0 Å². The van der Waals surface area contributed by atoms with Gasteiger partial charge in [0.1, 0.15) is 29.9 Å². The number of thiazole rings is 2. The van der Waals surface area contributed by atoms with Crippen LogP contribution in [-0.4, -0.2) is 72.8 Å². The highest BCUT2D eigenvalue weighted by molar-refractivity contribution is 7.86. The topological polar surface area (TPSA) is 202 Å². The number of nitrogens with zero attached hydrogens (tertiary/aromatic N) is 4. The van der Waals surface area contributed by atoms with Crippen LogP contribution in [0.1, 0.15) is 37.0 Å². The third kappa shape index (κ3) is 6.40. The molecule has 18 heteroatoms. The smallest absolute Gasteiger partial charge is 0.394 e. The summed E-state index contributed by atoms with van der Waals surface area (Å²) in [4.78, 5) is 75.4. The van der Waals surface area contributed by atoms with Gasteiger partial charge in [0, 0.05) is 15.3 Å². The maximum Gasteiger partial charge on any atom is 0.394 e. The highest BCUT2D eigenvalue weighted by Crippen LogP contribution is 2.36. The molecule has 0 aromatic carbocycles. The molecule has 0 spiro atoms. The van der Waals surface area contributed by atoms with E-state index < -0.39 is 51.4 Å². The summed E-state index contributed by atoms with van der Waals surface area (Å²) in [7, 11) is -0.544. The number of amides is 2. The summed E-state index contributed by atoms with van der Waals surface area (Å²) >= 11 is 2.41. The number of aromatic nitrogens is 2. The Morgan fingerprint density at radius 3 is 2.57 bits per heavy atom. The maximum absolute atomic E-state index is 13.3. The van der Waals surface area contributed by atoms with Crippen molar-refractivity contribution in [3.63, 3.8) is 0 Å². The lowest BCUT2D eigenvalue weighted by atomic mass is 9.98. The molecule has 2 aliphatic heterocycles. The number of hydrogen-bond acceptors (Lipinski definition) is 15. The lowest BCUT2D eigenvalue weighted by Crippen LogP contribution is -2.74. The van der Waals surface area contributed by atoms with Crippen molar-refractivity contribution >= 4 is 74.1 Å². The first kappa shape index (κ1) is 30.9. The molecule has 4 heterocycles. The average molecular weight is 639 g/mol. The molecule has 0 bridgehead atoms. The Bertz CT molecular complexity index is 1540. The molecule has 15 nitrogen and oxygen atoms in total. The average Bonchev–Trinajstić information content (AvgIpc) is 3.55. The zero-order valence-electron chi connectivity index (χ0n) is 22.9. The third-order valence-corrected chi connectivity index (χ3v) is 9.04. The van der Waals surface area contributed by atoms with Gasteiger partial charge in [0.2, 0.25) is 0 Å². The molecule has 224 valence electrons. The molecule has 4 rings (SSSR count). The van der Waals surface area contributed by atoms with E-state index in [-0.39, 0.29) is 33.6 Å². The van der Waals surface area contributed by atoms with Crippen molar-refractivity contribution in [2.24, 2.45) is 10.6 Å². The van der Waals surface area contributed by atoms with Gasteiger partial charge in [0.15, 0.2) is 10.8 Å². The van der Waals surface area contributed by atoms with Crippen molar-refractivity contribution in [2.75, 3.05) is 18.6 Å².